The number of fused-ring (bicyclic) bond motifs is 2. The molecule has 22 heteroatoms. The number of aliphatic hydroxyl groups excluding tert-OH is 2. The first kappa shape index (κ1) is 56.8. The predicted octanol–water partition coefficient (Wildman–Crippen LogP) is 9.22. The van der Waals surface area contributed by atoms with Crippen LogP contribution >= 0.6 is 0 Å². The molecule has 2 amide bonds. The zero-order chi connectivity index (χ0) is 57.2. The normalized spacial score (nSPS) is 17.3. The van der Waals surface area contributed by atoms with E-state index < -0.39 is 41.7 Å². The molecule has 2 fully saturated rings. The highest BCUT2D eigenvalue weighted by molar-refractivity contribution is 6.01. The fraction of sp³-hybridized carbons (Fsp3) is 0.345. The lowest BCUT2D eigenvalue weighted by molar-refractivity contribution is -0.144. The summed E-state index contributed by atoms with van der Waals surface area (Å²) in [5.41, 5.74) is 0.512. The molecule has 0 saturated carbocycles. The lowest BCUT2D eigenvalue weighted by Crippen LogP contribution is -2.55. The number of methoxy groups -OCH3 is 2. The molecule has 0 radical (unpaired) electrons. The minimum atomic E-state index is -4.73. The van der Waals surface area contributed by atoms with Gasteiger partial charge in [-0.3, -0.25) is 19.4 Å². The number of nitrogens with zero attached hydrogens (tertiary/aromatic N) is 10. The molecule has 16 nitrogen and oxygen atoms in total. The van der Waals surface area contributed by atoms with E-state index >= 15 is 0 Å². The van der Waals surface area contributed by atoms with Crippen LogP contribution in [0.3, 0.4) is 0 Å². The SMILES string of the molecule is COc1ccc(-c2nc3c(C(=O)N4CCN(C[C@@H](O)c5ccccc5)C[C@H]4C)cnn3c(C(F)(F)F)c2C)cc1.COc1ccc(-c2nc3c(C(=O)N4CCN([C@@H](CO)c5ccccc5)C[C@H]4C)cnn3c(C(F)(F)F)c2C)cc1. The first-order valence-electron chi connectivity index (χ1n) is 25.9. The second-order valence-corrected chi connectivity index (χ2v) is 19.9. The van der Waals surface area contributed by atoms with Crippen molar-refractivity contribution < 1.29 is 55.6 Å². The van der Waals surface area contributed by atoms with E-state index in [2.05, 4.69) is 30.0 Å². The molecule has 4 aromatic heterocycles. The average Bonchev–Trinajstić information content (AvgIpc) is 4.27. The Morgan fingerprint density at radius 1 is 0.613 bits per heavy atom. The molecular formula is C58H60F6N10O6. The summed E-state index contributed by atoms with van der Waals surface area (Å²) in [4.78, 5) is 44.0. The molecule has 0 unspecified atom stereocenters. The molecule has 4 atom stereocenters. The van der Waals surface area contributed by atoms with Gasteiger partial charge in [0.1, 0.15) is 22.6 Å². The van der Waals surface area contributed by atoms with E-state index in [4.69, 9.17) is 9.47 Å². The van der Waals surface area contributed by atoms with E-state index in [1.807, 2.05) is 74.5 Å². The first-order chi connectivity index (χ1) is 38.2. The van der Waals surface area contributed by atoms with E-state index in [0.29, 0.717) is 77.5 Å². The first-order valence-corrected chi connectivity index (χ1v) is 25.9. The van der Waals surface area contributed by atoms with Gasteiger partial charge in [-0.1, -0.05) is 60.7 Å². The van der Waals surface area contributed by atoms with Crippen LogP contribution in [0.2, 0.25) is 0 Å². The van der Waals surface area contributed by atoms with Gasteiger partial charge in [-0.25, -0.2) is 19.0 Å². The molecule has 8 aromatic rings. The number of hydrogen-bond donors (Lipinski definition) is 2. The zero-order valence-electron chi connectivity index (χ0n) is 44.8. The third-order valence-electron chi connectivity index (χ3n) is 14.8. The lowest BCUT2D eigenvalue weighted by atomic mass is 10.0. The van der Waals surface area contributed by atoms with Crippen molar-refractivity contribution in [3.05, 3.63) is 166 Å². The molecule has 4 aromatic carbocycles. The highest BCUT2D eigenvalue weighted by Crippen LogP contribution is 2.39. The van der Waals surface area contributed by atoms with Gasteiger partial charge in [0.2, 0.25) is 0 Å². The summed E-state index contributed by atoms with van der Waals surface area (Å²) in [6.07, 6.45) is -7.79. The molecular weight excluding hydrogens is 1050 g/mol. The lowest BCUT2D eigenvalue weighted by Gasteiger charge is -2.43. The number of carbonyl (C=O) groups excluding carboxylic acids is 2. The van der Waals surface area contributed by atoms with Gasteiger partial charge in [0.05, 0.1) is 56.8 Å². The number of piperazine rings is 2. The Morgan fingerprint density at radius 2 is 1.04 bits per heavy atom. The Labute approximate surface area is 457 Å². The maximum Gasteiger partial charge on any atom is 0.433 e. The number of aliphatic hydroxyl groups is 2. The highest BCUT2D eigenvalue weighted by atomic mass is 19.4. The molecule has 420 valence electrons. The monoisotopic (exact) mass is 1110 g/mol. The zero-order valence-corrected chi connectivity index (χ0v) is 44.8. The molecule has 2 aliphatic heterocycles. The van der Waals surface area contributed by atoms with Gasteiger partial charge < -0.3 is 29.5 Å². The summed E-state index contributed by atoms with van der Waals surface area (Å²) >= 11 is 0. The van der Waals surface area contributed by atoms with Crippen LogP contribution in [0.15, 0.2) is 122 Å². The van der Waals surface area contributed by atoms with Gasteiger partial charge >= 0.3 is 12.4 Å². The molecule has 0 bridgehead atoms. The van der Waals surface area contributed by atoms with Crippen LogP contribution in [0.5, 0.6) is 11.5 Å². The van der Waals surface area contributed by atoms with Crippen molar-refractivity contribution in [2.45, 2.75) is 64.3 Å². The number of aromatic nitrogens is 6. The van der Waals surface area contributed by atoms with Crippen LogP contribution in [-0.4, -0.2) is 150 Å². The molecule has 6 heterocycles. The van der Waals surface area contributed by atoms with Crippen molar-refractivity contribution in [2.24, 2.45) is 0 Å². The number of amides is 2. The van der Waals surface area contributed by atoms with E-state index in [1.54, 1.807) is 58.3 Å². The molecule has 2 N–H and O–H groups in total. The Bertz CT molecular complexity index is 3470. The molecule has 2 aliphatic rings. The maximum absolute atomic E-state index is 14.3. The largest absolute Gasteiger partial charge is 0.497 e. The number of ether oxygens (including phenoxy) is 2. The summed E-state index contributed by atoms with van der Waals surface area (Å²) in [5, 5.41) is 28.6. The van der Waals surface area contributed by atoms with Crippen LogP contribution in [-0.2, 0) is 12.4 Å². The van der Waals surface area contributed by atoms with Gasteiger partial charge in [-0.2, -0.15) is 36.5 Å². The van der Waals surface area contributed by atoms with Crippen molar-refractivity contribution in [3.8, 4) is 34.0 Å². The van der Waals surface area contributed by atoms with Crippen molar-refractivity contribution in [1.82, 2.24) is 48.8 Å². The van der Waals surface area contributed by atoms with Crippen molar-refractivity contribution in [2.75, 3.05) is 66.6 Å². The van der Waals surface area contributed by atoms with Gasteiger partial charge in [0.15, 0.2) is 22.7 Å². The van der Waals surface area contributed by atoms with Gasteiger partial charge in [-0.15, -0.1) is 0 Å². The molecule has 0 spiro atoms. The van der Waals surface area contributed by atoms with E-state index in [9.17, 15) is 46.1 Å². The summed E-state index contributed by atoms with van der Waals surface area (Å²) < 4.78 is 97.4. The smallest absolute Gasteiger partial charge is 0.433 e. The number of alkyl halides is 6. The quantitative estimate of drug-likeness (QED) is 0.112. The van der Waals surface area contributed by atoms with Crippen LogP contribution in [0, 0.1) is 13.8 Å². The summed E-state index contributed by atoms with van der Waals surface area (Å²) in [6, 6.07) is 31.4. The molecule has 80 heavy (non-hydrogen) atoms. The van der Waals surface area contributed by atoms with Crippen molar-refractivity contribution >= 4 is 23.1 Å². The number of β-amino-alcohol motifs (C(OH)–C–C–N with tert-alkyl or cyclic N) is 1. The number of rotatable bonds is 12. The standard InChI is InChI=1S/2C29H30F3N5O3/c1-18-16-35(24(17-38)20-7-5-4-6-8-20)13-14-36(18)28(39)23-15-33-37-26(29(30,31)32)19(2)25(34-27(23)37)21-9-11-22(40-3)12-10-21;1-18-16-35(17-24(38)20-7-5-4-6-8-20)13-14-36(18)28(39)23-15-33-37-26(29(30,31)32)19(2)25(34-27(23)37)21-9-11-22(40-3)12-10-21/h2*4-12,15,18,24,38H,13-14,16-17H2,1-3H3/t18-,24+;18-,24-/m11/s1. The third kappa shape index (κ3) is 11.6. The number of benzene rings is 4. The average molecular weight is 1110 g/mol. The fourth-order valence-corrected chi connectivity index (χ4v) is 10.7. The summed E-state index contributed by atoms with van der Waals surface area (Å²) in [7, 11) is 3.01. The minimum Gasteiger partial charge on any atom is -0.497 e. The summed E-state index contributed by atoms with van der Waals surface area (Å²) in [6.45, 7) is 9.49. The van der Waals surface area contributed by atoms with E-state index in [1.165, 1.54) is 28.1 Å². The topological polar surface area (TPSA) is 166 Å². The van der Waals surface area contributed by atoms with E-state index in [-0.39, 0.29) is 69.7 Å². The van der Waals surface area contributed by atoms with Gasteiger partial charge in [-0.05, 0) is 87.4 Å². The molecule has 10 rings (SSSR count). The second-order valence-electron chi connectivity index (χ2n) is 19.9. The Kier molecular flexibility index (Phi) is 16.6. The Balaban J connectivity index is 0.000000194. The fourth-order valence-electron chi connectivity index (χ4n) is 10.7. The van der Waals surface area contributed by atoms with Crippen molar-refractivity contribution in [1.29, 1.82) is 0 Å². The van der Waals surface area contributed by atoms with Gasteiger partial charge in [0.25, 0.3) is 11.8 Å². The molecule has 0 aliphatic carbocycles. The summed E-state index contributed by atoms with van der Waals surface area (Å²) in [5.74, 6) is 0.245. The highest BCUT2D eigenvalue weighted by Gasteiger charge is 2.42. The Morgan fingerprint density at radius 3 is 1.44 bits per heavy atom. The van der Waals surface area contributed by atoms with Crippen molar-refractivity contribution in [3.63, 3.8) is 0 Å². The van der Waals surface area contributed by atoms with Crippen LogP contribution in [0.1, 0.15) is 80.4 Å². The van der Waals surface area contributed by atoms with Crippen LogP contribution in [0.25, 0.3) is 33.8 Å². The minimum absolute atomic E-state index is 0.00216. The predicted molar refractivity (Wildman–Crippen MR) is 286 cm³/mol. The van der Waals surface area contributed by atoms with Crippen LogP contribution in [0.4, 0.5) is 26.3 Å². The number of carbonyl (C=O) groups is 2. The van der Waals surface area contributed by atoms with E-state index in [0.717, 1.165) is 23.5 Å². The molecule has 2 saturated heterocycles. The van der Waals surface area contributed by atoms with Gasteiger partial charge in [0, 0.05) is 80.2 Å². The number of hydrogen-bond acceptors (Lipinski definition) is 12. The number of halogens is 6. The maximum atomic E-state index is 14.3. The Hall–Kier alpha value is -7.92. The van der Waals surface area contributed by atoms with Crippen LogP contribution < -0.4 is 9.47 Å². The second kappa shape index (κ2) is 23.4. The third-order valence-corrected chi connectivity index (χ3v) is 14.8.